The number of nitrogens with zero attached hydrogens (tertiary/aromatic N) is 3. The largest absolute Gasteiger partial charge is 0.322 e. The van der Waals surface area contributed by atoms with E-state index in [2.05, 4.69) is 15.4 Å². The number of benzene rings is 2. The Hall–Kier alpha value is -3.73. The second-order valence-corrected chi connectivity index (χ2v) is 6.53. The topological polar surface area (TPSA) is 59.8 Å². The molecule has 2 aromatic carbocycles. The number of pyridine rings is 1. The van der Waals surface area contributed by atoms with Crippen LogP contribution >= 0.6 is 0 Å². The molecule has 4 aromatic rings. The molecule has 28 heavy (non-hydrogen) atoms. The second kappa shape index (κ2) is 7.48. The van der Waals surface area contributed by atoms with Gasteiger partial charge >= 0.3 is 0 Å². The van der Waals surface area contributed by atoms with Gasteiger partial charge in [-0.15, -0.1) is 0 Å². The van der Waals surface area contributed by atoms with Crippen LogP contribution in [-0.2, 0) is 4.79 Å². The van der Waals surface area contributed by atoms with E-state index in [-0.39, 0.29) is 5.91 Å². The van der Waals surface area contributed by atoms with E-state index in [9.17, 15) is 4.79 Å². The number of aromatic nitrogens is 3. The van der Waals surface area contributed by atoms with Crippen LogP contribution in [0.5, 0.6) is 0 Å². The summed E-state index contributed by atoms with van der Waals surface area (Å²) in [5, 5.41) is 8.46. The molecule has 5 nitrogen and oxygen atoms in total. The highest BCUT2D eigenvalue weighted by Crippen LogP contribution is 2.22. The molecule has 5 heteroatoms. The van der Waals surface area contributed by atoms with Crippen LogP contribution in [0.1, 0.15) is 17.0 Å². The minimum atomic E-state index is -0.192. The standard InChI is InChI=1S/C23H20N4O/c1-16-19(17(2)27(26-16)18-8-4-3-5-9-18)13-14-23(28)25-22-12-6-11-21-20(22)10-7-15-24-21/h3-15H,1-2H3,(H,25,28)/b14-13+. The van der Waals surface area contributed by atoms with E-state index in [1.165, 1.54) is 0 Å². The van der Waals surface area contributed by atoms with Gasteiger partial charge in [-0.25, -0.2) is 4.68 Å². The van der Waals surface area contributed by atoms with Crippen LogP contribution in [0.3, 0.4) is 0 Å². The lowest BCUT2D eigenvalue weighted by molar-refractivity contribution is -0.111. The fraction of sp³-hybridized carbons (Fsp3) is 0.0870. The zero-order chi connectivity index (χ0) is 19.5. The minimum Gasteiger partial charge on any atom is -0.322 e. The van der Waals surface area contributed by atoms with Gasteiger partial charge < -0.3 is 5.32 Å². The number of carbonyl (C=O) groups is 1. The first kappa shape index (κ1) is 17.7. The van der Waals surface area contributed by atoms with Gasteiger partial charge in [0.2, 0.25) is 5.91 Å². The van der Waals surface area contributed by atoms with Crippen molar-refractivity contribution < 1.29 is 4.79 Å². The average molecular weight is 368 g/mol. The molecule has 0 spiro atoms. The number of hydrogen-bond acceptors (Lipinski definition) is 3. The van der Waals surface area contributed by atoms with Crippen molar-refractivity contribution in [2.45, 2.75) is 13.8 Å². The summed E-state index contributed by atoms with van der Waals surface area (Å²) >= 11 is 0. The first-order valence-electron chi connectivity index (χ1n) is 9.08. The monoisotopic (exact) mass is 368 g/mol. The predicted octanol–water partition coefficient (Wildman–Crippen LogP) is 4.69. The summed E-state index contributed by atoms with van der Waals surface area (Å²) in [4.78, 5) is 16.8. The Bertz CT molecular complexity index is 1170. The number of carbonyl (C=O) groups excluding carboxylic acids is 1. The van der Waals surface area contributed by atoms with Gasteiger partial charge in [-0.3, -0.25) is 9.78 Å². The third-order valence-electron chi connectivity index (χ3n) is 4.65. The highest BCUT2D eigenvalue weighted by molar-refractivity contribution is 6.07. The summed E-state index contributed by atoms with van der Waals surface area (Å²) in [5.74, 6) is -0.192. The molecule has 4 rings (SSSR count). The molecule has 2 heterocycles. The van der Waals surface area contributed by atoms with Crippen LogP contribution in [0, 0.1) is 13.8 Å². The number of nitrogens with one attached hydrogen (secondary N) is 1. The van der Waals surface area contributed by atoms with Crippen molar-refractivity contribution in [2.24, 2.45) is 0 Å². The summed E-state index contributed by atoms with van der Waals surface area (Å²) < 4.78 is 1.89. The molecule has 0 fully saturated rings. The number of aryl methyl sites for hydroxylation is 1. The molecule has 0 unspecified atom stereocenters. The third-order valence-corrected chi connectivity index (χ3v) is 4.65. The highest BCUT2D eigenvalue weighted by atomic mass is 16.1. The molecular formula is C23H20N4O. The third kappa shape index (κ3) is 3.42. The SMILES string of the molecule is Cc1nn(-c2ccccc2)c(C)c1/C=C/C(=O)Nc1cccc2ncccc12. The van der Waals surface area contributed by atoms with Crippen molar-refractivity contribution in [1.29, 1.82) is 0 Å². The maximum Gasteiger partial charge on any atom is 0.248 e. The molecule has 0 radical (unpaired) electrons. The van der Waals surface area contributed by atoms with E-state index < -0.39 is 0 Å². The van der Waals surface area contributed by atoms with Crippen LogP contribution in [0.15, 0.2) is 72.9 Å². The summed E-state index contributed by atoms with van der Waals surface area (Å²) in [5.41, 5.74) is 5.39. The molecule has 0 aliphatic rings. The first-order chi connectivity index (χ1) is 13.6. The normalized spacial score (nSPS) is 11.2. The van der Waals surface area contributed by atoms with Gasteiger partial charge in [-0.2, -0.15) is 5.10 Å². The number of hydrogen-bond donors (Lipinski definition) is 1. The van der Waals surface area contributed by atoms with Gasteiger partial charge in [0.15, 0.2) is 0 Å². The Morgan fingerprint density at radius 2 is 1.82 bits per heavy atom. The van der Waals surface area contributed by atoms with E-state index in [0.29, 0.717) is 0 Å². The van der Waals surface area contributed by atoms with Gasteiger partial charge in [0.25, 0.3) is 0 Å². The molecule has 0 aliphatic carbocycles. The number of anilines is 1. The lowest BCUT2D eigenvalue weighted by Gasteiger charge is -2.06. The van der Waals surface area contributed by atoms with Crippen molar-refractivity contribution >= 4 is 28.6 Å². The maximum absolute atomic E-state index is 12.5. The lowest BCUT2D eigenvalue weighted by Crippen LogP contribution is -2.08. The minimum absolute atomic E-state index is 0.192. The Balaban J connectivity index is 1.58. The molecule has 0 bridgehead atoms. The van der Waals surface area contributed by atoms with Gasteiger partial charge in [0.05, 0.1) is 22.6 Å². The molecule has 1 amide bonds. The summed E-state index contributed by atoms with van der Waals surface area (Å²) in [6, 6.07) is 19.4. The molecule has 0 saturated heterocycles. The van der Waals surface area contributed by atoms with Gasteiger partial charge in [0.1, 0.15) is 0 Å². The molecule has 1 N–H and O–H groups in total. The highest BCUT2D eigenvalue weighted by Gasteiger charge is 2.11. The fourth-order valence-electron chi connectivity index (χ4n) is 3.26. The van der Waals surface area contributed by atoms with Crippen molar-refractivity contribution in [3.63, 3.8) is 0 Å². The molecule has 0 aliphatic heterocycles. The summed E-state index contributed by atoms with van der Waals surface area (Å²) in [6.45, 7) is 3.95. The second-order valence-electron chi connectivity index (χ2n) is 6.53. The van der Waals surface area contributed by atoms with Crippen LogP contribution in [-0.4, -0.2) is 20.7 Å². The first-order valence-corrected chi connectivity index (χ1v) is 9.08. The van der Waals surface area contributed by atoms with Crippen molar-refractivity contribution in [2.75, 3.05) is 5.32 Å². The van der Waals surface area contributed by atoms with Gasteiger partial charge in [0, 0.05) is 28.9 Å². The number of amides is 1. The molecule has 138 valence electrons. The zero-order valence-corrected chi connectivity index (χ0v) is 15.8. The van der Waals surface area contributed by atoms with Crippen molar-refractivity contribution in [3.05, 3.63) is 89.9 Å². The smallest absolute Gasteiger partial charge is 0.248 e. The molecule has 0 atom stereocenters. The van der Waals surface area contributed by atoms with E-state index in [4.69, 9.17) is 0 Å². The van der Waals surface area contributed by atoms with Crippen LogP contribution in [0.25, 0.3) is 22.7 Å². The van der Waals surface area contributed by atoms with E-state index >= 15 is 0 Å². The van der Waals surface area contributed by atoms with E-state index in [0.717, 1.165) is 39.2 Å². The predicted molar refractivity (Wildman–Crippen MR) is 112 cm³/mol. The van der Waals surface area contributed by atoms with E-state index in [1.807, 2.05) is 85.3 Å². The molecule has 2 aromatic heterocycles. The van der Waals surface area contributed by atoms with Gasteiger partial charge in [-0.1, -0.05) is 24.3 Å². The number of para-hydroxylation sites is 1. The fourth-order valence-corrected chi connectivity index (χ4v) is 3.26. The van der Waals surface area contributed by atoms with Crippen LogP contribution < -0.4 is 5.32 Å². The average Bonchev–Trinajstić information content (AvgIpc) is 3.01. The Labute approximate surface area is 163 Å². The summed E-state index contributed by atoms with van der Waals surface area (Å²) in [7, 11) is 0. The maximum atomic E-state index is 12.5. The molecular weight excluding hydrogens is 348 g/mol. The van der Waals surface area contributed by atoms with Crippen molar-refractivity contribution in [3.8, 4) is 5.69 Å². The van der Waals surface area contributed by atoms with Crippen LogP contribution in [0.4, 0.5) is 5.69 Å². The number of fused-ring (bicyclic) bond motifs is 1. The van der Waals surface area contributed by atoms with Gasteiger partial charge in [-0.05, 0) is 56.3 Å². The Kier molecular flexibility index (Phi) is 4.72. The molecule has 0 saturated carbocycles. The Morgan fingerprint density at radius 3 is 2.64 bits per heavy atom. The quantitative estimate of drug-likeness (QED) is 0.532. The Morgan fingerprint density at radius 1 is 1.00 bits per heavy atom. The zero-order valence-electron chi connectivity index (χ0n) is 15.8. The number of rotatable bonds is 4. The van der Waals surface area contributed by atoms with Crippen molar-refractivity contribution in [1.82, 2.24) is 14.8 Å². The summed E-state index contributed by atoms with van der Waals surface area (Å²) in [6.07, 6.45) is 5.10. The van der Waals surface area contributed by atoms with Crippen LogP contribution in [0.2, 0.25) is 0 Å². The van der Waals surface area contributed by atoms with E-state index in [1.54, 1.807) is 12.3 Å². The lowest BCUT2D eigenvalue weighted by atomic mass is 10.1.